The lowest BCUT2D eigenvalue weighted by atomic mass is 9.96. The van der Waals surface area contributed by atoms with Crippen molar-refractivity contribution in [1.29, 1.82) is 5.26 Å². The molecule has 3 rings (SSSR count). The molecule has 0 fully saturated rings. The molecule has 1 heterocycles. The average Bonchev–Trinajstić information content (AvgIpc) is 2.81. The summed E-state index contributed by atoms with van der Waals surface area (Å²) in [6, 6.07) is 8.24. The molecule has 7 nitrogen and oxygen atoms in total. The van der Waals surface area contributed by atoms with Gasteiger partial charge in [-0.1, -0.05) is 35.4 Å². The second kappa shape index (κ2) is 11.4. The van der Waals surface area contributed by atoms with Crippen molar-refractivity contribution in [2.45, 2.75) is 32.5 Å². The average molecular weight is 580 g/mol. The van der Waals surface area contributed by atoms with Crippen molar-refractivity contribution in [2.24, 2.45) is 0 Å². The van der Waals surface area contributed by atoms with Gasteiger partial charge in [-0.05, 0) is 57.2 Å². The zero-order valence-electron chi connectivity index (χ0n) is 20.8. The number of phenolic OH excluding ortho intramolecular Hbond substituents is 1. The van der Waals surface area contributed by atoms with Gasteiger partial charge in [0.05, 0.1) is 11.3 Å². The topological polar surface area (TPSA) is 115 Å². The normalized spacial score (nSPS) is 11.9. The number of halogens is 5. The molecule has 0 unspecified atom stereocenters. The number of carbonyl (C=O) groups excluding carboxylic acids is 1. The minimum absolute atomic E-state index is 0.0241. The molecule has 0 saturated carbocycles. The monoisotopic (exact) mass is 579 g/mol. The minimum Gasteiger partial charge on any atom is -0.507 e. The van der Waals surface area contributed by atoms with Crippen molar-refractivity contribution < 1.29 is 27.8 Å². The standard InChI is InChI=1S/C27H22Cl2F3N3O4/c1-26(2,3)39-25(38)34-8-4-5-14-9-16(28)11-19(23(14)36)22-12-17(20(13-33)24(37)35-22)18-10-15(27(30,31)32)6-7-21(18)29/h4-7,9-12,36H,8H2,1-3H3,(H,34,38)(H,35,37). The van der Waals surface area contributed by atoms with E-state index in [9.17, 15) is 33.1 Å². The Labute approximate surface area is 231 Å². The number of alkyl carbamates (subject to hydrolysis) is 1. The zero-order valence-corrected chi connectivity index (χ0v) is 22.3. The maximum atomic E-state index is 13.3. The van der Waals surface area contributed by atoms with Crippen LogP contribution in [0.15, 0.2) is 47.3 Å². The molecule has 1 aromatic heterocycles. The molecule has 0 radical (unpaired) electrons. The van der Waals surface area contributed by atoms with Gasteiger partial charge in [0.2, 0.25) is 0 Å². The fourth-order valence-corrected chi connectivity index (χ4v) is 3.98. The van der Waals surface area contributed by atoms with Crippen LogP contribution in [0.1, 0.15) is 37.5 Å². The van der Waals surface area contributed by atoms with Crippen LogP contribution in [0, 0.1) is 11.3 Å². The van der Waals surface area contributed by atoms with E-state index in [1.165, 1.54) is 30.4 Å². The Hall–Kier alpha value is -3.94. The van der Waals surface area contributed by atoms with E-state index >= 15 is 0 Å². The molecule has 12 heteroatoms. The number of aromatic nitrogens is 1. The van der Waals surface area contributed by atoms with Crippen LogP contribution in [0.5, 0.6) is 5.75 Å². The highest BCUT2D eigenvalue weighted by atomic mass is 35.5. The van der Waals surface area contributed by atoms with Crippen LogP contribution in [0.2, 0.25) is 10.0 Å². The fourth-order valence-electron chi connectivity index (χ4n) is 3.53. The summed E-state index contributed by atoms with van der Waals surface area (Å²) in [5, 5.41) is 23.0. The largest absolute Gasteiger partial charge is 0.507 e. The Morgan fingerprint density at radius 1 is 1.13 bits per heavy atom. The van der Waals surface area contributed by atoms with Gasteiger partial charge < -0.3 is 20.1 Å². The Bertz CT molecular complexity index is 1550. The summed E-state index contributed by atoms with van der Waals surface area (Å²) in [6.45, 7) is 5.21. The van der Waals surface area contributed by atoms with Gasteiger partial charge in [0.1, 0.15) is 23.0 Å². The molecule has 0 aliphatic heterocycles. The lowest BCUT2D eigenvalue weighted by Gasteiger charge is -2.19. The van der Waals surface area contributed by atoms with E-state index in [1.807, 2.05) is 0 Å². The van der Waals surface area contributed by atoms with Gasteiger partial charge in [0.15, 0.2) is 0 Å². The molecule has 39 heavy (non-hydrogen) atoms. The number of ether oxygens (including phenoxy) is 1. The van der Waals surface area contributed by atoms with Crippen LogP contribution in [-0.4, -0.2) is 28.3 Å². The fraction of sp³-hybridized carbons (Fsp3) is 0.222. The number of aromatic hydroxyl groups is 1. The number of nitrogens with one attached hydrogen (secondary N) is 2. The number of rotatable bonds is 5. The molecule has 0 bridgehead atoms. The number of benzene rings is 2. The molecule has 0 aliphatic rings. The number of aromatic amines is 1. The predicted octanol–water partition coefficient (Wildman–Crippen LogP) is 7.15. The smallest absolute Gasteiger partial charge is 0.416 e. The predicted molar refractivity (Wildman–Crippen MR) is 143 cm³/mol. The molecule has 1 amide bonds. The molecule has 3 aromatic rings. The third kappa shape index (κ3) is 7.34. The molecule has 0 atom stereocenters. The van der Waals surface area contributed by atoms with Crippen LogP contribution >= 0.6 is 23.2 Å². The lowest BCUT2D eigenvalue weighted by Crippen LogP contribution is -2.32. The summed E-state index contributed by atoms with van der Waals surface area (Å²) in [4.78, 5) is 27.0. The van der Waals surface area contributed by atoms with Gasteiger partial charge in [-0.3, -0.25) is 4.79 Å². The first-order chi connectivity index (χ1) is 18.1. The summed E-state index contributed by atoms with van der Waals surface area (Å²) in [5.74, 6) is -0.325. The van der Waals surface area contributed by atoms with Crippen molar-refractivity contribution in [1.82, 2.24) is 10.3 Å². The van der Waals surface area contributed by atoms with E-state index in [0.717, 1.165) is 18.2 Å². The summed E-state index contributed by atoms with van der Waals surface area (Å²) < 4.78 is 45.2. The number of hydrogen-bond acceptors (Lipinski definition) is 5. The maximum absolute atomic E-state index is 13.3. The number of H-pyrrole nitrogens is 1. The Balaban J connectivity index is 2.06. The summed E-state index contributed by atoms with van der Waals surface area (Å²) in [7, 11) is 0. The van der Waals surface area contributed by atoms with E-state index in [0.29, 0.717) is 0 Å². The van der Waals surface area contributed by atoms with Gasteiger partial charge in [-0.25, -0.2) is 4.79 Å². The highest BCUT2D eigenvalue weighted by molar-refractivity contribution is 6.33. The molecule has 2 aromatic carbocycles. The zero-order chi connectivity index (χ0) is 29.1. The third-order valence-electron chi connectivity index (χ3n) is 5.18. The quantitative estimate of drug-likeness (QED) is 0.297. The minimum atomic E-state index is -4.69. The molecule has 0 spiro atoms. The molecular formula is C27H22Cl2F3N3O4. The first-order valence-corrected chi connectivity index (χ1v) is 12.1. The summed E-state index contributed by atoms with van der Waals surface area (Å²) in [5.41, 5.74) is -3.19. The van der Waals surface area contributed by atoms with E-state index in [1.54, 1.807) is 26.8 Å². The van der Waals surface area contributed by atoms with Gasteiger partial charge in [-0.2, -0.15) is 18.4 Å². The van der Waals surface area contributed by atoms with Crippen molar-refractivity contribution in [3.8, 4) is 34.2 Å². The van der Waals surface area contributed by atoms with Crippen LogP contribution in [0.25, 0.3) is 28.5 Å². The molecular weight excluding hydrogens is 558 g/mol. The van der Waals surface area contributed by atoms with Crippen molar-refractivity contribution in [2.75, 3.05) is 6.54 Å². The van der Waals surface area contributed by atoms with Crippen molar-refractivity contribution in [3.63, 3.8) is 0 Å². The Kier molecular flexibility index (Phi) is 8.68. The third-order valence-corrected chi connectivity index (χ3v) is 5.73. The number of carbonyl (C=O) groups is 1. The van der Waals surface area contributed by atoms with Crippen LogP contribution in [-0.2, 0) is 10.9 Å². The number of alkyl halides is 3. The first kappa shape index (κ1) is 29.6. The van der Waals surface area contributed by atoms with Gasteiger partial charge in [0, 0.05) is 38.8 Å². The molecule has 0 saturated heterocycles. The number of nitriles is 1. The van der Waals surface area contributed by atoms with E-state index in [4.69, 9.17) is 27.9 Å². The maximum Gasteiger partial charge on any atom is 0.416 e. The second-order valence-electron chi connectivity index (χ2n) is 9.28. The summed E-state index contributed by atoms with van der Waals surface area (Å²) >= 11 is 12.4. The van der Waals surface area contributed by atoms with Crippen LogP contribution < -0.4 is 10.9 Å². The van der Waals surface area contributed by atoms with E-state index in [-0.39, 0.29) is 50.3 Å². The number of phenols is 1. The Morgan fingerprint density at radius 2 is 1.82 bits per heavy atom. The highest BCUT2D eigenvalue weighted by Gasteiger charge is 2.31. The second-order valence-corrected chi connectivity index (χ2v) is 10.1. The lowest BCUT2D eigenvalue weighted by molar-refractivity contribution is -0.137. The number of amides is 1. The molecule has 0 aliphatic carbocycles. The number of nitrogens with zero attached hydrogens (tertiary/aromatic N) is 1. The Morgan fingerprint density at radius 3 is 2.44 bits per heavy atom. The molecule has 3 N–H and O–H groups in total. The van der Waals surface area contributed by atoms with Gasteiger partial charge in [0.25, 0.3) is 5.56 Å². The van der Waals surface area contributed by atoms with Crippen molar-refractivity contribution in [3.05, 3.63) is 79.6 Å². The van der Waals surface area contributed by atoms with Crippen molar-refractivity contribution >= 4 is 35.4 Å². The van der Waals surface area contributed by atoms with Gasteiger partial charge in [-0.15, -0.1) is 0 Å². The first-order valence-electron chi connectivity index (χ1n) is 11.3. The SMILES string of the molecule is CC(C)(C)OC(=O)NCC=Cc1cc(Cl)cc(-c2cc(-c3cc(C(F)(F)F)ccc3Cl)c(C#N)c(=O)[nH]2)c1O. The van der Waals surface area contributed by atoms with Crippen LogP contribution in [0.3, 0.4) is 0 Å². The van der Waals surface area contributed by atoms with Gasteiger partial charge >= 0.3 is 12.3 Å². The van der Waals surface area contributed by atoms with Crippen LogP contribution in [0.4, 0.5) is 18.0 Å². The number of pyridine rings is 1. The van der Waals surface area contributed by atoms with E-state index in [2.05, 4.69) is 10.3 Å². The molecule has 204 valence electrons. The number of hydrogen-bond donors (Lipinski definition) is 3. The summed E-state index contributed by atoms with van der Waals surface area (Å²) in [6.07, 6.45) is -2.34. The highest BCUT2D eigenvalue weighted by Crippen LogP contribution is 2.39. The van der Waals surface area contributed by atoms with E-state index < -0.39 is 34.6 Å².